The van der Waals surface area contributed by atoms with Crippen LogP contribution in [0.5, 0.6) is 5.88 Å². The first kappa shape index (κ1) is 19.9. The van der Waals surface area contributed by atoms with E-state index >= 15 is 0 Å². The number of carbonyl (C=O) groups is 2. The van der Waals surface area contributed by atoms with Crippen LogP contribution < -0.4 is 10.1 Å². The summed E-state index contributed by atoms with van der Waals surface area (Å²) in [4.78, 5) is 29.8. The summed E-state index contributed by atoms with van der Waals surface area (Å²) >= 11 is 0. The molecule has 1 aliphatic heterocycles. The number of hydrogen-bond acceptors (Lipinski definition) is 5. The van der Waals surface area contributed by atoms with Gasteiger partial charge in [-0.05, 0) is 33.8 Å². The average Bonchev–Trinajstić information content (AvgIpc) is 2.55. The van der Waals surface area contributed by atoms with E-state index in [1.807, 2.05) is 0 Å². The number of aromatic nitrogens is 1. The third-order valence-corrected chi connectivity index (χ3v) is 3.84. The number of rotatable bonds is 4. The zero-order valence-corrected chi connectivity index (χ0v) is 15.6. The van der Waals surface area contributed by atoms with Crippen LogP contribution in [0.2, 0.25) is 0 Å². The van der Waals surface area contributed by atoms with Gasteiger partial charge in [0.15, 0.2) is 0 Å². The maximum atomic E-state index is 12.9. The molecule has 8 heteroatoms. The Balaban J connectivity index is 1.78. The number of nitrogens with zero attached hydrogens (tertiary/aromatic N) is 2. The van der Waals surface area contributed by atoms with Gasteiger partial charge < -0.3 is 19.7 Å². The number of hydrogen-bond donors (Lipinski definition) is 1. The Hall–Kier alpha value is -2.38. The molecular weight excluding hydrogens is 341 g/mol. The highest BCUT2D eigenvalue weighted by molar-refractivity contribution is 5.85. The minimum atomic E-state index is -0.666. The molecule has 0 saturated carbocycles. The molecule has 144 valence electrons. The maximum absolute atomic E-state index is 12.9. The molecule has 1 saturated heterocycles. The highest BCUT2D eigenvalue weighted by atomic mass is 19.1. The molecule has 1 atom stereocenters. The third kappa shape index (κ3) is 6.16. The van der Waals surface area contributed by atoms with E-state index in [9.17, 15) is 14.0 Å². The van der Waals surface area contributed by atoms with Gasteiger partial charge in [-0.2, -0.15) is 0 Å². The Bertz CT molecular complexity index is 622. The molecule has 0 aromatic carbocycles. The van der Waals surface area contributed by atoms with Crippen molar-refractivity contribution in [2.75, 3.05) is 13.1 Å². The van der Waals surface area contributed by atoms with Crippen LogP contribution in [0.15, 0.2) is 18.3 Å². The van der Waals surface area contributed by atoms with E-state index in [0.29, 0.717) is 31.8 Å². The van der Waals surface area contributed by atoms with Crippen LogP contribution in [0, 0.1) is 5.82 Å². The first-order valence-corrected chi connectivity index (χ1v) is 8.70. The molecule has 1 aromatic rings. The van der Waals surface area contributed by atoms with Gasteiger partial charge in [0.1, 0.15) is 23.6 Å². The number of amides is 2. The SMILES string of the molecule is C[C@H](NC(=O)OC(C)(C)C)C(=O)N1CCC(Oc2ccc(F)cn2)CC1. The number of carbonyl (C=O) groups excluding carboxylic acids is 2. The van der Waals surface area contributed by atoms with Gasteiger partial charge >= 0.3 is 6.09 Å². The Labute approximate surface area is 152 Å². The summed E-state index contributed by atoms with van der Waals surface area (Å²) in [7, 11) is 0. The number of piperidine rings is 1. The lowest BCUT2D eigenvalue weighted by Gasteiger charge is -2.33. The summed E-state index contributed by atoms with van der Waals surface area (Å²) in [6.45, 7) is 7.97. The minimum Gasteiger partial charge on any atom is -0.474 e. The van der Waals surface area contributed by atoms with Crippen molar-refractivity contribution in [3.8, 4) is 5.88 Å². The fourth-order valence-corrected chi connectivity index (χ4v) is 2.62. The normalized spacial score (nSPS) is 16.7. The number of alkyl carbamates (subject to hydrolysis) is 1. The Morgan fingerprint density at radius 1 is 1.31 bits per heavy atom. The Morgan fingerprint density at radius 3 is 2.50 bits per heavy atom. The molecule has 0 unspecified atom stereocenters. The van der Waals surface area contributed by atoms with Gasteiger partial charge in [0, 0.05) is 32.0 Å². The molecular formula is C18H26FN3O4. The summed E-state index contributed by atoms with van der Waals surface area (Å²) < 4.78 is 23.7. The standard InChI is InChI=1S/C18H26FN3O4/c1-12(21-17(24)26-18(2,3)4)16(23)22-9-7-14(8-10-22)25-15-6-5-13(19)11-20-15/h5-6,11-12,14H,7-10H2,1-4H3,(H,21,24)/t12-/m0/s1. The lowest BCUT2D eigenvalue weighted by molar-refractivity contribution is -0.134. The largest absolute Gasteiger partial charge is 0.474 e. The molecule has 0 spiro atoms. The third-order valence-electron chi connectivity index (χ3n) is 3.84. The average molecular weight is 367 g/mol. The fourth-order valence-electron chi connectivity index (χ4n) is 2.62. The second-order valence-electron chi connectivity index (χ2n) is 7.33. The first-order chi connectivity index (χ1) is 12.1. The van der Waals surface area contributed by atoms with Gasteiger partial charge in [0.2, 0.25) is 11.8 Å². The highest BCUT2D eigenvalue weighted by Crippen LogP contribution is 2.18. The molecule has 1 N–H and O–H groups in total. The lowest BCUT2D eigenvalue weighted by atomic mass is 10.1. The van der Waals surface area contributed by atoms with Crippen molar-refractivity contribution >= 4 is 12.0 Å². The molecule has 2 amide bonds. The van der Waals surface area contributed by atoms with Crippen molar-refractivity contribution in [3.63, 3.8) is 0 Å². The van der Waals surface area contributed by atoms with Crippen molar-refractivity contribution in [1.82, 2.24) is 15.2 Å². The van der Waals surface area contributed by atoms with E-state index in [0.717, 1.165) is 6.20 Å². The second-order valence-corrected chi connectivity index (χ2v) is 7.33. The van der Waals surface area contributed by atoms with Crippen LogP contribution in [0.1, 0.15) is 40.5 Å². The van der Waals surface area contributed by atoms with E-state index < -0.39 is 23.6 Å². The minimum absolute atomic E-state index is 0.0777. The number of pyridine rings is 1. The van der Waals surface area contributed by atoms with E-state index in [1.54, 1.807) is 32.6 Å². The molecule has 2 heterocycles. The Morgan fingerprint density at radius 2 is 1.96 bits per heavy atom. The van der Waals surface area contributed by atoms with Gasteiger partial charge in [0.25, 0.3) is 0 Å². The Kier molecular flexibility index (Phi) is 6.39. The van der Waals surface area contributed by atoms with Crippen LogP contribution in [-0.4, -0.2) is 52.7 Å². The topological polar surface area (TPSA) is 80.8 Å². The first-order valence-electron chi connectivity index (χ1n) is 8.70. The van der Waals surface area contributed by atoms with Crippen molar-refractivity contribution in [2.24, 2.45) is 0 Å². The van der Waals surface area contributed by atoms with Gasteiger partial charge in [-0.15, -0.1) is 0 Å². The highest BCUT2D eigenvalue weighted by Gasteiger charge is 2.28. The monoisotopic (exact) mass is 367 g/mol. The van der Waals surface area contributed by atoms with Crippen LogP contribution in [-0.2, 0) is 9.53 Å². The second kappa shape index (κ2) is 8.33. The van der Waals surface area contributed by atoms with Gasteiger partial charge in [-0.1, -0.05) is 0 Å². The molecule has 26 heavy (non-hydrogen) atoms. The predicted octanol–water partition coefficient (Wildman–Crippen LogP) is 2.50. The lowest BCUT2D eigenvalue weighted by Crippen LogP contribution is -2.51. The fraction of sp³-hybridized carbons (Fsp3) is 0.611. The number of likely N-dealkylation sites (tertiary alicyclic amines) is 1. The molecule has 1 aromatic heterocycles. The van der Waals surface area contributed by atoms with E-state index in [-0.39, 0.29) is 12.0 Å². The van der Waals surface area contributed by atoms with Gasteiger partial charge in [-0.3, -0.25) is 4.79 Å². The van der Waals surface area contributed by atoms with Crippen molar-refractivity contribution in [2.45, 2.75) is 58.3 Å². The predicted molar refractivity (Wildman–Crippen MR) is 93.3 cm³/mol. The molecule has 2 rings (SSSR count). The van der Waals surface area contributed by atoms with E-state index in [2.05, 4.69) is 10.3 Å². The molecule has 1 fully saturated rings. The summed E-state index contributed by atoms with van der Waals surface area (Å²) in [6.07, 6.45) is 1.71. The number of halogens is 1. The summed E-state index contributed by atoms with van der Waals surface area (Å²) in [5, 5.41) is 2.56. The number of ether oxygens (including phenoxy) is 2. The van der Waals surface area contributed by atoms with E-state index in [4.69, 9.17) is 9.47 Å². The molecule has 1 aliphatic rings. The van der Waals surface area contributed by atoms with Crippen LogP contribution in [0.3, 0.4) is 0 Å². The molecule has 0 aliphatic carbocycles. The summed E-state index contributed by atoms with van der Waals surface area (Å²) in [5.41, 5.74) is -0.614. The van der Waals surface area contributed by atoms with Gasteiger partial charge in [-0.25, -0.2) is 14.2 Å². The molecule has 0 bridgehead atoms. The summed E-state index contributed by atoms with van der Waals surface area (Å²) in [5.74, 6) is -0.199. The molecule has 0 radical (unpaired) electrons. The van der Waals surface area contributed by atoms with Crippen LogP contribution in [0.4, 0.5) is 9.18 Å². The van der Waals surface area contributed by atoms with E-state index in [1.165, 1.54) is 12.1 Å². The van der Waals surface area contributed by atoms with Crippen molar-refractivity contribution in [3.05, 3.63) is 24.1 Å². The smallest absolute Gasteiger partial charge is 0.408 e. The van der Waals surface area contributed by atoms with Gasteiger partial charge in [0.05, 0.1) is 6.20 Å². The summed E-state index contributed by atoms with van der Waals surface area (Å²) in [6, 6.07) is 2.12. The maximum Gasteiger partial charge on any atom is 0.408 e. The zero-order chi connectivity index (χ0) is 19.3. The number of nitrogens with one attached hydrogen (secondary N) is 1. The molecule has 7 nitrogen and oxygen atoms in total. The van der Waals surface area contributed by atoms with Crippen LogP contribution >= 0.6 is 0 Å². The van der Waals surface area contributed by atoms with Crippen molar-refractivity contribution < 1.29 is 23.5 Å². The van der Waals surface area contributed by atoms with Crippen molar-refractivity contribution in [1.29, 1.82) is 0 Å². The quantitative estimate of drug-likeness (QED) is 0.884. The zero-order valence-electron chi connectivity index (χ0n) is 15.6. The van der Waals surface area contributed by atoms with Crippen LogP contribution in [0.25, 0.3) is 0 Å².